The molecule has 0 bridgehead atoms. The summed E-state index contributed by atoms with van der Waals surface area (Å²) in [7, 11) is 1.84. The Morgan fingerprint density at radius 3 is 2.56 bits per heavy atom. The van der Waals surface area contributed by atoms with Crippen molar-refractivity contribution < 1.29 is 9.53 Å². The number of carbonyl (C=O) groups excluding carboxylic acids is 1. The largest absolute Gasteiger partial charge is 0.384 e. The zero-order valence-corrected chi connectivity index (χ0v) is 16.7. The fourth-order valence-electron chi connectivity index (χ4n) is 5.36. The molecule has 4 nitrogen and oxygen atoms in total. The van der Waals surface area contributed by atoms with Crippen molar-refractivity contribution in [1.82, 2.24) is 9.80 Å². The van der Waals surface area contributed by atoms with Crippen LogP contribution in [0.5, 0.6) is 0 Å². The first-order valence-electron chi connectivity index (χ1n) is 10.7. The lowest BCUT2D eigenvalue weighted by Gasteiger charge is -2.43. The molecule has 27 heavy (non-hydrogen) atoms. The number of hydrogen-bond acceptors (Lipinski definition) is 3. The summed E-state index contributed by atoms with van der Waals surface area (Å²) in [6.45, 7) is 5.13. The lowest BCUT2D eigenvalue weighted by atomic mass is 9.71. The molecule has 1 saturated carbocycles. The molecule has 1 aromatic rings. The van der Waals surface area contributed by atoms with E-state index in [4.69, 9.17) is 4.74 Å². The van der Waals surface area contributed by atoms with Crippen LogP contribution in [0.1, 0.15) is 44.1 Å². The van der Waals surface area contributed by atoms with E-state index in [0.717, 1.165) is 45.0 Å². The predicted molar refractivity (Wildman–Crippen MR) is 108 cm³/mol. The van der Waals surface area contributed by atoms with Gasteiger partial charge in [0.15, 0.2) is 0 Å². The van der Waals surface area contributed by atoms with E-state index in [-0.39, 0.29) is 0 Å². The molecule has 4 rings (SSSR count). The van der Waals surface area contributed by atoms with Gasteiger partial charge in [-0.25, -0.2) is 0 Å². The van der Waals surface area contributed by atoms with Crippen LogP contribution in [0.2, 0.25) is 0 Å². The molecule has 2 heterocycles. The Morgan fingerprint density at radius 1 is 1.19 bits per heavy atom. The maximum atomic E-state index is 12.7. The van der Waals surface area contributed by atoms with Gasteiger partial charge in [0.25, 0.3) is 0 Å². The van der Waals surface area contributed by atoms with Gasteiger partial charge >= 0.3 is 0 Å². The van der Waals surface area contributed by atoms with Gasteiger partial charge < -0.3 is 9.64 Å². The molecule has 3 aliphatic rings. The van der Waals surface area contributed by atoms with Gasteiger partial charge in [0, 0.05) is 51.7 Å². The first kappa shape index (κ1) is 18.9. The van der Waals surface area contributed by atoms with E-state index in [9.17, 15) is 4.79 Å². The van der Waals surface area contributed by atoms with Crippen LogP contribution in [0.15, 0.2) is 30.3 Å². The van der Waals surface area contributed by atoms with Crippen molar-refractivity contribution in [3.63, 3.8) is 0 Å². The van der Waals surface area contributed by atoms with Gasteiger partial charge in [0.2, 0.25) is 5.91 Å². The van der Waals surface area contributed by atoms with Gasteiger partial charge in [0.05, 0.1) is 6.61 Å². The Labute approximate surface area is 163 Å². The SMILES string of the molecule is COCC1CN(C2CCC2)CC12CCN(C(=O)CCc1ccccc1)CC2. The Bertz CT molecular complexity index is 621. The maximum Gasteiger partial charge on any atom is 0.222 e. The summed E-state index contributed by atoms with van der Waals surface area (Å²) in [4.78, 5) is 17.6. The number of aryl methyl sites for hydroxylation is 1. The second-order valence-corrected chi connectivity index (χ2v) is 8.90. The highest BCUT2D eigenvalue weighted by atomic mass is 16.5. The molecule has 0 aromatic heterocycles. The van der Waals surface area contributed by atoms with Crippen LogP contribution in [0.25, 0.3) is 0 Å². The Balaban J connectivity index is 1.32. The summed E-state index contributed by atoms with van der Waals surface area (Å²) >= 11 is 0. The number of ether oxygens (including phenoxy) is 1. The van der Waals surface area contributed by atoms with Crippen LogP contribution in [-0.2, 0) is 16.0 Å². The molecule has 1 spiro atoms. The molecule has 1 aromatic carbocycles. The highest BCUT2D eigenvalue weighted by Gasteiger charge is 2.50. The molecule has 1 aliphatic carbocycles. The minimum absolute atomic E-state index is 0.325. The quantitative estimate of drug-likeness (QED) is 0.770. The van der Waals surface area contributed by atoms with Crippen LogP contribution in [0.3, 0.4) is 0 Å². The highest BCUT2D eigenvalue weighted by Crippen LogP contribution is 2.47. The fourth-order valence-corrected chi connectivity index (χ4v) is 5.36. The molecule has 1 atom stereocenters. The lowest BCUT2D eigenvalue weighted by Crippen LogP contribution is -2.47. The zero-order valence-electron chi connectivity index (χ0n) is 16.7. The van der Waals surface area contributed by atoms with E-state index < -0.39 is 0 Å². The Hall–Kier alpha value is -1.39. The number of rotatable bonds is 6. The summed E-state index contributed by atoms with van der Waals surface area (Å²) in [6, 6.07) is 11.2. The van der Waals surface area contributed by atoms with Crippen LogP contribution < -0.4 is 0 Å². The van der Waals surface area contributed by atoms with E-state index in [1.165, 1.54) is 37.9 Å². The molecule has 1 amide bonds. The van der Waals surface area contributed by atoms with E-state index >= 15 is 0 Å². The van der Waals surface area contributed by atoms with Crippen molar-refractivity contribution in [2.75, 3.05) is 39.9 Å². The average molecular weight is 371 g/mol. The van der Waals surface area contributed by atoms with Gasteiger partial charge in [-0.2, -0.15) is 0 Å². The standard InChI is InChI=1S/C23H34N2O2/c1-27-17-20-16-25(21-8-5-9-21)18-23(20)12-14-24(15-13-23)22(26)11-10-19-6-3-2-4-7-19/h2-4,6-7,20-21H,5,8-18H2,1H3. The van der Waals surface area contributed by atoms with Crippen LogP contribution in [0.4, 0.5) is 0 Å². The van der Waals surface area contributed by atoms with Crippen LogP contribution in [0, 0.1) is 11.3 Å². The van der Waals surface area contributed by atoms with Crippen LogP contribution >= 0.6 is 0 Å². The third-order valence-corrected chi connectivity index (χ3v) is 7.38. The van der Waals surface area contributed by atoms with Crippen molar-refractivity contribution in [3.05, 3.63) is 35.9 Å². The third-order valence-electron chi connectivity index (χ3n) is 7.38. The summed E-state index contributed by atoms with van der Waals surface area (Å²) in [5.41, 5.74) is 1.62. The molecular formula is C23H34N2O2. The van der Waals surface area contributed by atoms with Gasteiger partial charge in [-0.05, 0) is 43.1 Å². The van der Waals surface area contributed by atoms with Crippen molar-refractivity contribution in [2.45, 2.75) is 51.0 Å². The van der Waals surface area contributed by atoms with Gasteiger partial charge in [0.1, 0.15) is 0 Å². The van der Waals surface area contributed by atoms with Crippen LogP contribution in [-0.4, -0.2) is 61.6 Å². The number of hydrogen-bond donors (Lipinski definition) is 0. The second kappa shape index (κ2) is 8.32. The molecular weight excluding hydrogens is 336 g/mol. The first-order chi connectivity index (χ1) is 13.2. The van der Waals surface area contributed by atoms with E-state index in [1.54, 1.807) is 0 Å². The molecule has 0 radical (unpaired) electrons. The first-order valence-corrected chi connectivity index (χ1v) is 10.7. The minimum atomic E-state index is 0.325. The number of likely N-dealkylation sites (tertiary alicyclic amines) is 2. The molecule has 2 aliphatic heterocycles. The Morgan fingerprint density at radius 2 is 1.93 bits per heavy atom. The molecule has 4 heteroatoms. The minimum Gasteiger partial charge on any atom is -0.384 e. The van der Waals surface area contributed by atoms with Gasteiger partial charge in [-0.15, -0.1) is 0 Å². The highest BCUT2D eigenvalue weighted by molar-refractivity contribution is 5.76. The average Bonchev–Trinajstić information content (AvgIpc) is 2.97. The van der Waals surface area contributed by atoms with Crippen molar-refractivity contribution in [1.29, 1.82) is 0 Å². The fraction of sp³-hybridized carbons (Fsp3) is 0.696. The van der Waals surface area contributed by atoms with Crippen molar-refractivity contribution in [2.24, 2.45) is 11.3 Å². The normalized spacial score (nSPS) is 25.7. The van der Waals surface area contributed by atoms with Gasteiger partial charge in [-0.3, -0.25) is 9.69 Å². The summed E-state index contributed by atoms with van der Waals surface area (Å²) in [6.07, 6.45) is 7.91. The van der Waals surface area contributed by atoms with Crippen molar-refractivity contribution >= 4 is 5.91 Å². The second-order valence-electron chi connectivity index (χ2n) is 8.90. The number of benzene rings is 1. The molecule has 148 valence electrons. The summed E-state index contributed by atoms with van der Waals surface area (Å²) < 4.78 is 5.59. The van der Waals surface area contributed by atoms with E-state index in [2.05, 4.69) is 21.9 Å². The Kier molecular flexibility index (Phi) is 5.84. The summed E-state index contributed by atoms with van der Waals surface area (Å²) in [5, 5.41) is 0. The molecule has 3 fully saturated rings. The maximum absolute atomic E-state index is 12.7. The van der Waals surface area contributed by atoms with E-state index in [1.807, 2.05) is 25.3 Å². The lowest BCUT2D eigenvalue weighted by molar-refractivity contribution is -0.134. The summed E-state index contributed by atoms with van der Waals surface area (Å²) in [5.74, 6) is 0.954. The molecule has 2 saturated heterocycles. The number of nitrogens with zero attached hydrogens (tertiary/aromatic N) is 2. The number of methoxy groups -OCH3 is 1. The van der Waals surface area contributed by atoms with E-state index in [0.29, 0.717) is 23.7 Å². The smallest absolute Gasteiger partial charge is 0.222 e. The number of amides is 1. The third kappa shape index (κ3) is 4.07. The van der Waals surface area contributed by atoms with Gasteiger partial charge in [-0.1, -0.05) is 36.8 Å². The number of carbonyl (C=O) groups is 1. The zero-order chi connectivity index (χ0) is 18.7. The molecule has 1 unspecified atom stereocenters. The number of piperidine rings is 1. The predicted octanol–water partition coefficient (Wildman–Crippen LogP) is 3.36. The molecule has 0 N–H and O–H groups in total. The topological polar surface area (TPSA) is 32.8 Å². The monoisotopic (exact) mass is 370 g/mol. The van der Waals surface area contributed by atoms with Crippen molar-refractivity contribution in [3.8, 4) is 0 Å².